The van der Waals surface area contributed by atoms with Crippen LogP contribution in [0.3, 0.4) is 0 Å². The normalized spacial score (nSPS) is 19.2. The second-order valence-corrected chi connectivity index (χ2v) is 8.64. The van der Waals surface area contributed by atoms with Gasteiger partial charge >= 0.3 is 0 Å². The Labute approximate surface area is 146 Å². The second kappa shape index (κ2) is 6.95. The maximum absolute atomic E-state index is 12.5. The van der Waals surface area contributed by atoms with E-state index < -0.39 is 9.84 Å². The van der Waals surface area contributed by atoms with E-state index in [-0.39, 0.29) is 41.9 Å². The lowest BCUT2D eigenvalue weighted by Gasteiger charge is -2.21. The molecule has 0 saturated carbocycles. The highest BCUT2D eigenvalue weighted by molar-refractivity contribution is 7.91. The number of benzene rings is 1. The third-order valence-corrected chi connectivity index (χ3v) is 6.36. The molecule has 0 bridgehead atoms. The minimum Gasteiger partial charge on any atom is -0.335 e. The van der Waals surface area contributed by atoms with Crippen LogP contribution in [0, 0.1) is 5.92 Å². The van der Waals surface area contributed by atoms with E-state index >= 15 is 0 Å². The van der Waals surface area contributed by atoms with Crippen LogP contribution in [0.4, 0.5) is 0 Å². The molecule has 2 aromatic rings. The Balaban J connectivity index is 1.73. The van der Waals surface area contributed by atoms with Crippen LogP contribution in [-0.4, -0.2) is 47.2 Å². The average Bonchev–Trinajstić information content (AvgIpc) is 2.91. The van der Waals surface area contributed by atoms with Gasteiger partial charge in [0.2, 0.25) is 5.91 Å². The summed E-state index contributed by atoms with van der Waals surface area (Å²) < 4.78 is 23.1. The molecular weight excluding hydrogens is 342 g/mol. The first-order chi connectivity index (χ1) is 11.9. The van der Waals surface area contributed by atoms with E-state index in [9.17, 15) is 18.0 Å². The number of aromatic nitrogens is 2. The molecule has 3 rings (SSSR count). The third-order valence-electron chi connectivity index (χ3n) is 4.53. The number of para-hydroxylation sites is 1. The van der Waals surface area contributed by atoms with Crippen LogP contribution in [-0.2, 0) is 21.2 Å². The number of carbonyl (C=O) groups excluding carboxylic acids is 1. The fraction of sp³-hybridized carbons (Fsp3) is 0.471. The van der Waals surface area contributed by atoms with Gasteiger partial charge in [-0.1, -0.05) is 12.1 Å². The van der Waals surface area contributed by atoms with Crippen molar-refractivity contribution in [3.05, 3.63) is 40.4 Å². The minimum atomic E-state index is -2.99. The zero-order chi connectivity index (χ0) is 18.0. The highest BCUT2D eigenvalue weighted by atomic mass is 32.2. The smallest absolute Gasteiger partial charge is 0.258 e. The zero-order valence-electron chi connectivity index (χ0n) is 14.1. The van der Waals surface area contributed by atoms with Crippen molar-refractivity contribution in [2.75, 3.05) is 18.1 Å². The van der Waals surface area contributed by atoms with Gasteiger partial charge in [-0.15, -0.1) is 0 Å². The van der Waals surface area contributed by atoms with E-state index in [4.69, 9.17) is 0 Å². The first-order valence-electron chi connectivity index (χ1n) is 8.34. The van der Waals surface area contributed by atoms with E-state index in [0.29, 0.717) is 29.7 Å². The number of carbonyl (C=O) groups is 1. The molecule has 2 heterocycles. The van der Waals surface area contributed by atoms with Crippen molar-refractivity contribution in [3.63, 3.8) is 0 Å². The highest BCUT2D eigenvalue weighted by Crippen LogP contribution is 2.22. The van der Waals surface area contributed by atoms with Crippen molar-refractivity contribution in [2.45, 2.75) is 26.3 Å². The van der Waals surface area contributed by atoms with Crippen LogP contribution in [0.5, 0.6) is 0 Å². The lowest BCUT2D eigenvalue weighted by molar-refractivity contribution is -0.132. The topological polar surface area (TPSA) is 100 Å². The van der Waals surface area contributed by atoms with Crippen molar-refractivity contribution in [3.8, 4) is 0 Å². The highest BCUT2D eigenvalue weighted by Gasteiger charge is 2.30. The number of nitrogens with zero attached hydrogens (tertiary/aromatic N) is 2. The van der Waals surface area contributed by atoms with Crippen LogP contribution in [0.2, 0.25) is 0 Å². The Morgan fingerprint density at radius 1 is 1.36 bits per heavy atom. The Bertz CT molecular complexity index is 952. The second-order valence-electron chi connectivity index (χ2n) is 6.41. The molecule has 1 aromatic carbocycles. The van der Waals surface area contributed by atoms with E-state index in [1.54, 1.807) is 23.1 Å². The van der Waals surface area contributed by atoms with Gasteiger partial charge in [0.15, 0.2) is 9.84 Å². The van der Waals surface area contributed by atoms with Gasteiger partial charge < -0.3 is 9.88 Å². The molecule has 1 aliphatic rings. The molecule has 0 spiro atoms. The monoisotopic (exact) mass is 363 g/mol. The summed E-state index contributed by atoms with van der Waals surface area (Å²) in [4.78, 5) is 33.4. The summed E-state index contributed by atoms with van der Waals surface area (Å²) in [6.07, 6.45) is 0.752. The number of H-pyrrole nitrogens is 1. The first kappa shape index (κ1) is 17.6. The van der Waals surface area contributed by atoms with Gasteiger partial charge in [0, 0.05) is 13.0 Å². The summed E-state index contributed by atoms with van der Waals surface area (Å²) in [6.45, 7) is 2.52. The van der Waals surface area contributed by atoms with Crippen LogP contribution >= 0.6 is 0 Å². The predicted octanol–water partition coefficient (Wildman–Crippen LogP) is 1.10. The van der Waals surface area contributed by atoms with Gasteiger partial charge in [0.05, 0.1) is 29.0 Å². The molecule has 0 unspecified atom stereocenters. The van der Waals surface area contributed by atoms with Gasteiger partial charge in [-0.05, 0) is 31.4 Å². The fourth-order valence-electron chi connectivity index (χ4n) is 3.18. The molecule has 1 aromatic heterocycles. The van der Waals surface area contributed by atoms with Gasteiger partial charge in [0.25, 0.3) is 5.56 Å². The molecule has 7 nitrogen and oxygen atoms in total. The maximum Gasteiger partial charge on any atom is 0.258 e. The molecule has 1 atom stereocenters. The van der Waals surface area contributed by atoms with E-state index in [1.165, 1.54) is 0 Å². The summed E-state index contributed by atoms with van der Waals surface area (Å²) in [5.74, 6) is 0.450. The number of rotatable bonds is 5. The van der Waals surface area contributed by atoms with E-state index in [1.807, 2.05) is 13.0 Å². The number of hydrogen-bond donors (Lipinski definition) is 1. The van der Waals surface area contributed by atoms with Gasteiger partial charge in [-0.3, -0.25) is 9.59 Å². The maximum atomic E-state index is 12.5. The van der Waals surface area contributed by atoms with Gasteiger partial charge in [-0.2, -0.15) is 0 Å². The standard InChI is InChI=1S/C17H21N3O4S/c1-2-20(16(21)9-12-7-8-25(23,24)11-12)10-15-18-14-6-4-3-5-13(14)17(22)19-15/h3-6,12H,2,7-11H2,1H3,(H,18,19,22)/t12-/m0/s1. The lowest BCUT2D eigenvalue weighted by atomic mass is 10.0. The van der Waals surface area contributed by atoms with Crippen molar-refractivity contribution >= 4 is 26.6 Å². The van der Waals surface area contributed by atoms with Crippen LogP contribution in [0.1, 0.15) is 25.6 Å². The summed E-state index contributed by atoms with van der Waals surface area (Å²) in [6, 6.07) is 7.04. The SMILES string of the molecule is CCN(Cc1nc2ccccc2c(=O)[nH]1)C(=O)C[C@@H]1CCS(=O)(=O)C1. The summed E-state index contributed by atoms with van der Waals surface area (Å²) in [5.41, 5.74) is 0.359. The number of aromatic amines is 1. The molecule has 1 N–H and O–H groups in total. The summed E-state index contributed by atoms with van der Waals surface area (Å²) in [7, 11) is -2.99. The van der Waals surface area contributed by atoms with E-state index in [0.717, 1.165) is 0 Å². The molecule has 1 amide bonds. The minimum absolute atomic E-state index is 0.0847. The third kappa shape index (κ3) is 4.07. The number of nitrogens with one attached hydrogen (secondary N) is 1. The predicted molar refractivity (Wildman–Crippen MR) is 94.8 cm³/mol. The largest absolute Gasteiger partial charge is 0.335 e. The summed E-state index contributed by atoms with van der Waals surface area (Å²) >= 11 is 0. The van der Waals surface area contributed by atoms with E-state index in [2.05, 4.69) is 9.97 Å². The molecule has 8 heteroatoms. The van der Waals surface area contributed by atoms with Crippen molar-refractivity contribution in [2.24, 2.45) is 5.92 Å². The molecular formula is C17H21N3O4S. The number of amides is 1. The van der Waals surface area contributed by atoms with Gasteiger partial charge in [0.1, 0.15) is 5.82 Å². The van der Waals surface area contributed by atoms with Crippen molar-refractivity contribution in [1.29, 1.82) is 0 Å². The Morgan fingerprint density at radius 3 is 2.80 bits per heavy atom. The Morgan fingerprint density at radius 2 is 2.12 bits per heavy atom. The molecule has 1 saturated heterocycles. The zero-order valence-corrected chi connectivity index (χ0v) is 14.9. The molecule has 0 aliphatic carbocycles. The van der Waals surface area contributed by atoms with Crippen LogP contribution in [0.15, 0.2) is 29.1 Å². The first-order valence-corrected chi connectivity index (χ1v) is 10.2. The molecule has 1 aliphatic heterocycles. The fourth-order valence-corrected chi connectivity index (χ4v) is 5.04. The van der Waals surface area contributed by atoms with Crippen molar-refractivity contribution < 1.29 is 13.2 Å². The lowest BCUT2D eigenvalue weighted by Crippen LogP contribution is -2.33. The van der Waals surface area contributed by atoms with Crippen molar-refractivity contribution in [1.82, 2.24) is 14.9 Å². The number of fused-ring (bicyclic) bond motifs is 1. The quantitative estimate of drug-likeness (QED) is 0.857. The molecule has 25 heavy (non-hydrogen) atoms. The molecule has 1 fully saturated rings. The number of hydrogen-bond acceptors (Lipinski definition) is 5. The Hall–Kier alpha value is -2.22. The summed E-state index contributed by atoms with van der Waals surface area (Å²) in [5, 5.41) is 0.511. The average molecular weight is 363 g/mol. The van der Waals surface area contributed by atoms with Crippen LogP contribution < -0.4 is 5.56 Å². The van der Waals surface area contributed by atoms with Crippen LogP contribution in [0.25, 0.3) is 10.9 Å². The molecule has 0 radical (unpaired) electrons. The number of sulfone groups is 1. The Kier molecular flexibility index (Phi) is 4.89. The van der Waals surface area contributed by atoms with Gasteiger partial charge in [-0.25, -0.2) is 13.4 Å². The molecule has 134 valence electrons.